The van der Waals surface area contributed by atoms with Gasteiger partial charge in [0.25, 0.3) is 0 Å². The van der Waals surface area contributed by atoms with Crippen LogP contribution in [0.25, 0.3) is 0 Å². The first kappa shape index (κ1) is 14.0. The first-order chi connectivity index (χ1) is 8.04. The Morgan fingerprint density at radius 3 is 2.88 bits per heavy atom. The molecule has 0 saturated carbocycles. The molecule has 0 radical (unpaired) electrons. The minimum atomic E-state index is -0.297. The number of rotatable bonds is 5. The quantitative estimate of drug-likeness (QED) is 0.650. The summed E-state index contributed by atoms with van der Waals surface area (Å²) in [7, 11) is 1.36. The topological polar surface area (TPSA) is 52.3 Å². The zero-order chi connectivity index (χ0) is 12.8. The Morgan fingerprint density at radius 2 is 2.29 bits per heavy atom. The van der Waals surface area contributed by atoms with E-state index in [1.807, 2.05) is 0 Å². The van der Waals surface area contributed by atoms with Crippen LogP contribution in [0.2, 0.25) is 0 Å². The van der Waals surface area contributed by atoms with E-state index in [4.69, 9.17) is 5.73 Å². The molecule has 1 rings (SSSR count). The summed E-state index contributed by atoms with van der Waals surface area (Å²) in [6.45, 7) is 1.80. The van der Waals surface area contributed by atoms with Gasteiger partial charge in [0.05, 0.1) is 13.5 Å². The average molecular weight is 257 g/mol. The zero-order valence-electron chi connectivity index (χ0n) is 9.90. The number of halogens is 1. The third kappa shape index (κ3) is 4.36. The number of thioether (sulfide) groups is 1. The van der Waals surface area contributed by atoms with Crippen molar-refractivity contribution in [1.82, 2.24) is 0 Å². The summed E-state index contributed by atoms with van der Waals surface area (Å²) in [5.74, 6) is 0.0504. The van der Waals surface area contributed by atoms with Crippen molar-refractivity contribution in [3.05, 3.63) is 29.6 Å². The molecule has 0 aliphatic carbocycles. The average Bonchev–Trinajstić information content (AvgIpc) is 2.30. The van der Waals surface area contributed by atoms with Crippen molar-refractivity contribution in [3.63, 3.8) is 0 Å². The van der Waals surface area contributed by atoms with Gasteiger partial charge in [-0.2, -0.15) is 0 Å². The van der Waals surface area contributed by atoms with Gasteiger partial charge in [-0.25, -0.2) is 4.39 Å². The van der Waals surface area contributed by atoms with Crippen LogP contribution in [-0.2, 0) is 9.53 Å². The number of carbonyl (C=O) groups excluding carboxylic acids is 1. The fourth-order valence-electron chi connectivity index (χ4n) is 1.35. The normalized spacial score (nSPS) is 12.2. The lowest BCUT2D eigenvalue weighted by molar-refractivity contribution is -0.140. The predicted molar refractivity (Wildman–Crippen MR) is 66.4 cm³/mol. The number of benzene rings is 1. The van der Waals surface area contributed by atoms with Gasteiger partial charge in [-0.05, 0) is 30.7 Å². The molecule has 1 aromatic rings. The first-order valence-electron chi connectivity index (χ1n) is 5.29. The fourth-order valence-corrected chi connectivity index (χ4v) is 2.42. The van der Waals surface area contributed by atoms with Crippen LogP contribution in [-0.4, -0.2) is 18.8 Å². The lowest BCUT2D eigenvalue weighted by atomic mass is 10.1. The number of esters is 1. The smallest absolute Gasteiger partial charge is 0.306 e. The molecule has 0 aromatic heterocycles. The van der Waals surface area contributed by atoms with Crippen LogP contribution in [0.4, 0.5) is 4.39 Å². The van der Waals surface area contributed by atoms with E-state index in [9.17, 15) is 9.18 Å². The highest BCUT2D eigenvalue weighted by atomic mass is 32.2. The van der Waals surface area contributed by atoms with Gasteiger partial charge in [0.15, 0.2) is 0 Å². The number of nitrogens with two attached hydrogens (primary N) is 1. The summed E-state index contributed by atoms with van der Waals surface area (Å²) in [4.78, 5) is 11.9. The van der Waals surface area contributed by atoms with Crippen molar-refractivity contribution in [3.8, 4) is 0 Å². The highest BCUT2D eigenvalue weighted by Crippen LogP contribution is 2.27. The number of methoxy groups -OCH3 is 1. The standard InChI is InChI=1S/C12H16FNO2S/c1-8(14)10-7-9(13)3-4-11(10)17-6-5-12(15)16-2/h3-4,7-8H,5-6,14H2,1-2H3. The van der Waals surface area contributed by atoms with Gasteiger partial charge in [-0.15, -0.1) is 11.8 Å². The van der Waals surface area contributed by atoms with Crippen LogP contribution in [0.1, 0.15) is 24.9 Å². The molecule has 2 N–H and O–H groups in total. The largest absolute Gasteiger partial charge is 0.469 e. The van der Waals surface area contributed by atoms with Crippen LogP contribution in [0.5, 0.6) is 0 Å². The second kappa shape index (κ2) is 6.61. The van der Waals surface area contributed by atoms with E-state index < -0.39 is 0 Å². The molecular weight excluding hydrogens is 241 g/mol. The summed E-state index contributed by atoms with van der Waals surface area (Å²) in [6, 6.07) is 4.29. The van der Waals surface area contributed by atoms with Crippen LogP contribution in [0.15, 0.2) is 23.1 Å². The van der Waals surface area contributed by atoms with E-state index in [-0.39, 0.29) is 17.8 Å². The van der Waals surface area contributed by atoms with Gasteiger partial charge in [-0.1, -0.05) is 0 Å². The number of ether oxygens (including phenoxy) is 1. The summed E-state index contributed by atoms with van der Waals surface area (Å²) in [5, 5.41) is 0. The highest BCUT2D eigenvalue weighted by molar-refractivity contribution is 7.99. The molecule has 0 saturated heterocycles. The lowest BCUT2D eigenvalue weighted by Crippen LogP contribution is -2.07. The van der Waals surface area contributed by atoms with E-state index in [1.165, 1.54) is 31.0 Å². The van der Waals surface area contributed by atoms with E-state index in [0.717, 1.165) is 10.5 Å². The van der Waals surface area contributed by atoms with Crippen LogP contribution in [0.3, 0.4) is 0 Å². The van der Waals surface area contributed by atoms with Gasteiger partial charge < -0.3 is 10.5 Å². The van der Waals surface area contributed by atoms with E-state index in [1.54, 1.807) is 13.0 Å². The highest BCUT2D eigenvalue weighted by Gasteiger charge is 2.09. The molecule has 17 heavy (non-hydrogen) atoms. The van der Waals surface area contributed by atoms with E-state index >= 15 is 0 Å². The zero-order valence-corrected chi connectivity index (χ0v) is 10.7. The lowest BCUT2D eigenvalue weighted by Gasteiger charge is -2.12. The number of carbonyl (C=O) groups is 1. The first-order valence-corrected chi connectivity index (χ1v) is 6.27. The Bertz CT molecular complexity index is 396. The van der Waals surface area contributed by atoms with Gasteiger partial charge in [0, 0.05) is 16.7 Å². The van der Waals surface area contributed by atoms with Crippen LogP contribution < -0.4 is 5.73 Å². The van der Waals surface area contributed by atoms with E-state index in [0.29, 0.717) is 12.2 Å². The maximum atomic E-state index is 13.1. The van der Waals surface area contributed by atoms with Gasteiger partial charge >= 0.3 is 5.97 Å². The summed E-state index contributed by atoms with van der Waals surface area (Å²) < 4.78 is 17.6. The molecule has 0 amide bonds. The molecule has 1 unspecified atom stereocenters. The fraction of sp³-hybridized carbons (Fsp3) is 0.417. The molecule has 0 fully saturated rings. The molecule has 0 bridgehead atoms. The summed E-state index contributed by atoms with van der Waals surface area (Å²) >= 11 is 1.48. The molecule has 3 nitrogen and oxygen atoms in total. The SMILES string of the molecule is COC(=O)CCSc1ccc(F)cc1C(C)N. The van der Waals surface area contributed by atoms with Crippen molar-refractivity contribution in [1.29, 1.82) is 0 Å². The Hall–Kier alpha value is -1.07. The third-order valence-electron chi connectivity index (χ3n) is 2.25. The van der Waals surface area contributed by atoms with Gasteiger partial charge in [0.2, 0.25) is 0 Å². The van der Waals surface area contributed by atoms with Gasteiger partial charge in [-0.3, -0.25) is 4.79 Å². The molecule has 0 aliphatic heterocycles. The van der Waals surface area contributed by atoms with Crippen molar-refractivity contribution >= 4 is 17.7 Å². The molecule has 0 aliphatic rings. The second-order valence-electron chi connectivity index (χ2n) is 3.65. The Labute approximate surface area is 105 Å². The Balaban J connectivity index is 2.67. The summed E-state index contributed by atoms with van der Waals surface area (Å²) in [5.41, 5.74) is 6.53. The molecule has 5 heteroatoms. The Kier molecular flexibility index (Phi) is 5.44. The Morgan fingerprint density at radius 1 is 1.59 bits per heavy atom. The molecule has 94 valence electrons. The molecule has 0 heterocycles. The van der Waals surface area contributed by atoms with Crippen LogP contribution >= 0.6 is 11.8 Å². The maximum Gasteiger partial charge on any atom is 0.306 e. The molecular formula is C12H16FNO2S. The monoisotopic (exact) mass is 257 g/mol. The maximum absolute atomic E-state index is 13.1. The minimum absolute atomic E-state index is 0.230. The predicted octanol–water partition coefficient (Wildman–Crippen LogP) is 2.50. The van der Waals surface area contributed by atoms with E-state index in [2.05, 4.69) is 4.74 Å². The van der Waals surface area contributed by atoms with Gasteiger partial charge in [0.1, 0.15) is 5.82 Å². The van der Waals surface area contributed by atoms with Crippen LogP contribution in [0, 0.1) is 5.82 Å². The van der Waals surface area contributed by atoms with Crippen molar-refractivity contribution < 1.29 is 13.9 Å². The molecule has 0 spiro atoms. The molecule has 1 aromatic carbocycles. The second-order valence-corrected chi connectivity index (χ2v) is 4.78. The van der Waals surface area contributed by atoms with Crippen molar-refractivity contribution in [2.75, 3.05) is 12.9 Å². The van der Waals surface area contributed by atoms with Crippen molar-refractivity contribution in [2.45, 2.75) is 24.3 Å². The van der Waals surface area contributed by atoms with Crippen molar-refractivity contribution in [2.24, 2.45) is 5.73 Å². The third-order valence-corrected chi connectivity index (χ3v) is 3.34. The molecule has 1 atom stereocenters. The minimum Gasteiger partial charge on any atom is -0.469 e. The number of hydrogen-bond donors (Lipinski definition) is 1. The number of hydrogen-bond acceptors (Lipinski definition) is 4. The summed E-state index contributed by atoms with van der Waals surface area (Å²) in [6.07, 6.45) is 0.330.